The Labute approximate surface area is 116 Å². The van der Waals surface area contributed by atoms with Crippen LogP contribution in [0.1, 0.15) is 6.92 Å². The van der Waals surface area contributed by atoms with Crippen molar-refractivity contribution in [1.29, 1.82) is 0 Å². The first kappa shape index (κ1) is 13.4. The quantitative estimate of drug-likeness (QED) is 0.872. The van der Waals surface area contributed by atoms with Crippen molar-refractivity contribution in [1.82, 2.24) is 15.2 Å². The van der Waals surface area contributed by atoms with Crippen LogP contribution in [-0.4, -0.2) is 34.5 Å². The van der Waals surface area contributed by atoms with Crippen molar-refractivity contribution in [3.8, 4) is 11.3 Å². The maximum Gasteiger partial charge on any atom is 0.243 e. The predicted molar refractivity (Wildman–Crippen MR) is 77.8 cm³/mol. The number of nitrogens with zero attached hydrogens (tertiary/aromatic N) is 4. The normalized spacial score (nSPS) is 11.4. The molecule has 1 N–H and O–H groups in total. The maximum atomic E-state index is 6.13. The van der Waals surface area contributed by atoms with Gasteiger partial charge in [-0.3, -0.25) is 4.99 Å². The first-order chi connectivity index (χ1) is 9.20. The Morgan fingerprint density at radius 2 is 2.16 bits per heavy atom. The Morgan fingerprint density at radius 1 is 1.37 bits per heavy atom. The summed E-state index contributed by atoms with van der Waals surface area (Å²) in [5.41, 5.74) is 2.49. The van der Waals surface area contributed by atoms with Gasteiger partial charge in [0.15, 0.2) is 0 Å². The van der Waals surface area contributed by atoms with Crippen molar-refractivity contribution in [2.24, 2.45) is 4.99 Å². The molecule has 0 saturated carbocycles. The Bertz CT molecular complexity index is 597. The number of anilines is 1. The standard InChI is InChI=1S/C13H14ClN5/c1-9(15-2)7-16-13-18-12(8-17-19-13)10-5-3-4-6-11(10)14/h3-6,8H,7H2,1-2H3,(H,16,18,19). The second-order valence-electron chi connectivity index (χ2n) is 3.96. The fourth-order valence-corrected chi connectivity index (χ4v) is 1.70. The molecular formula is C13H14ClN5. The highest BCUT2D eigenvalue weighted by atomic mass is 35.5. The van der Waals surface area contributed by atoms with E-state index < -0.39 is 0 Å². The first-order valence-electron chi connectivity index (χ1n) is 5.81. The molecule has 0 aliphatic rings. The van der Waals surface area contributed by atoms with Gasteiger partial charge in [-0.05, 0) is 13.0 Å². The lowest BCUT2D eigenvalue weighted by Crippen LogP contribution is -2.13. The van der Waals surface area contributed by atoms with E-state index in [9.17, 15) is 0 Å². The summed E-state index contributed by atoms with van der Waals surface area (Å²) < 4.78 is 0. The molecule has 5 nitrogen and oxygen atoms in total. The Balaban J connectivity index is 2.22. The highest BCUT2D eigenvalue weighted by Gasteiger charge is 2.06. The Morgan fingerprint density at radius 3 is 2.89 bits per heavy atom. The number of hydrogen-bond donors (Lipinski definition) is 1. The molecule has 0 unspecified atom stereocenters. The number of aromatic nitrogens is 3. The van der Waals surface area contributed by atoms with Gasteiger partial charge in [-0.25, -0.2) is 4.98 Å². The maximum absolute atomic E-state index is 6.13. The van der Waals surface area contributed by atoms with Gasteiger partial charge in [0.1, 0.15) is 0 Å². The summed E-state index contributed by atoms with van der Waals surface area (Å²) in [6.07, 6.45) is 1.59. The van der Waals surface area contributed by atoms with Gasteiger partial charge in [-0.2, -0.15) is 5.10 Å². The summed E-state index contributed by atoms with van der Waals surface area (Å²) in [7, 11) is 1.75. The number of halogens is 1. The largest absolute Gasteiger partial charge is 0.348 e. The number of benzene rings is 1. The lowest BCUT2D eigenvalue weighted by Gasteiger charge is -2.06. The van der Waals surface area contributed by atoms with Gasteiger partial charge in [-0.15, -0.1) is 5.10 Å². The van der Waals surface area contributed by atoms with Gasteiger partial charge < -0.3 is 5.32 Å². The summed E-state index contributed by atoms with van der Waals surface area (Å²) >= 11 is 6.13. The average Bonchev–Trinajstić information content (AvgIpc) is 2.45. The van der Waals surface area contributed by atoms with Crippen LogP contribution >= 0.6 is 11.6 Å². The highest BCUT2D eigenvalue weighted by molar-refractivity contribution is 6.33. The zero-order valence-corrected chi connectivity index (χ0v) is 11.5. The third kappa shape index (κ3) is 3.48. The molecule has 2 rings (SSSR count). The van der Waals surface area contributed by atoms with E-state index in [0.29, 0.717) is 23.2 Å². The summed E-state index contributed by atoms with van der Waals surface area (Å²) in [5, 5.41) is 11.6. The minimum Gasteiger partial charge on any atom is -0.348 e. The minimum atomic E-state index is 0.459. The van der Waals surface area contributed by atoms with E-state index in [1.807, 2.05) is 31.2 Å². The molecule has 98 valence electrons. The minimum absolute atomic E-state index is 0.459. The van der Waals surface area contributed by atoms with Gasteiger partial charge >= 0.3 is 0 Å². The molecule has 0 aliphatic heterocycles. The molecule has 6 heteroatoms. The molecule has 0 amide bonds. The molecule has 0 fully saturated rings. The summed E-state index contributed by atoms with van der Waals surface area (Å²) in [6.45, 7) is 2.52. The molecule has 19 heavy (non-hydrogen) atoms. The van der Waals surface area contributed by atoms with E-state index in [-0.39, 0.29) is 0 Å². The van der Waals surface area contributed by atoms with Crippen molar-refractivity contribution in [3.05, 3.63) is 35.5 Å². The molecule has 0 radical (unpaired) electrons. The zero-order valence-electron chi connectivity index (χ0n) is 10.8. The van der Waals surface area contributed by atoms with Crippen LogP contribution in [0.3, 0.4) is 0 Å². The van der Waals surface area contributed by atoms with Crippen LogP contribution in [0.15, 0.2) is 35.5 Å². The molecular weight excluding hydrogens is 262 g/mol. The molecule has 1 aromatic heterocycles. The molecule has 0 saturated heterocycles. The summed E-state index contributed by atoms with van der Waals surface area (Å²) in [4.78, 5) is 8.44. The van der Waals surface area contributed by atoms with E-state index in [4.69, 9.17) is 11.6 Å². The van der Waals surface area contributed by atoms with Crippen LogP contribution in [0.5, 0.6) is 0 Å². The number of nitrogens with one attached hydrogen (secondary N) is 1. The predicted octanol–water partition coefficient (Wildman–Crippen LogP) is 2.69. The molecule has 0 aliphatic carbocycles. The smallest absolute Gasteiger partial charge is 0.243 e. The fraction of sp³-hybridized carbons (Fsp3) is 0.231. The Kier molecular flexibility index (Phi) is 4.41. The van der Waals surface area contributed by atoms with Crippen LogP contribution in [0.4, 0.5) is 5.95 Å². The van der Waals surface area contributed by atoms with Crippen molar-refractivity contribution in [2.75, 3.05) is 18.9 Å². The van der Waals surface area contributed by atoms with E-state index in [1.54, 1.807) is 13.2 Å². The lowest BCUT2D eigenvalue weighted by atomic mass is 10.2. The van der Waals surface area contributed by atoms with Crippen molar-refractivity contribution in [3.63, 3.8) is 0 Å². The number of rotatable bonds is 4. The van der Waals surface area contributed by atoms with Crippen LogP contribution in [0.25, 0.3) is 11.3 Å². The van der Waals surface area contributed by atoms with Gasteiger partial charge in [0.05, 0.1) is 23.5 Å². The summed E-state index contributed by atoms with van der Waals surface area (Å²) in [6, 6.07) is 7.50. The second kappa shape index (κ2) is 6.24. The fourth-order valence-electron chi connectivity index (χ4n) is 1.46. The summed E-state index contributed by atoms with van der Waals surface area (Å²) in [5.74, 6) is 0.459. The number of hydrogen-bond acceptors (Lipinski definition) is 5. The van der Waals surface area contributed by atoms with Gasteiger partial charge in [0, 0.05) is 18.3 Å². The number of aliphatic imine (C=N–C) groups is 1. The lowest BCUT2D eigenvalue weighted by molar-refractivity contribution is 0.970. The van der Waals surface area contributed by atoms with Crippen LogP contribution in [0.2, 0.25) is 5.02 Å². The van der Waals surface area contributed by atoms with Gasteiger partial charge in [-0.1, -0.05) is 29.8 Å². The van der Waals surface area contributed by atoms with E-state index in [2.05, 4.69) is 25.5 Å². The molecule has 2 aromatic rings. The van der Waals surface area contributed by atoms with E-state index >= 15 is 0 Å². The van der Waals surface area contributed by atoms with E-state index in [0.717, 1.165) is 11.3 Å². The average molecular weight is 276 g/mol. The van der Waals surface area contributed by atoms with Crippen molar-refractivity contribution in [2.45, 2.75) is 6.92 Å². The van der Waals surface area contributed by atoms with Crippen LogP contribution < -0.4 is 5.32 Å². The molecule has 1 heterocycles. The highest BCUT2D eigenvalue weighted by Crippen LogP contribution is 2.25. The molecule has 0 spiro atoms. The third-order valence-electron chi connectivity index (χ3n) is 2.59. The first-order valence-corrected chi connectivity index (χ1v) is 6.19. The third-order valence-corrected chi connectivity index (χ3v) is 2.92. The Hall–Kier alpha value is -2.01. The monoisotopic (exact) mass is 275 g/mol. The second-order valence-corrected chi connectivity index (χ2v) is 4.36. The van der Waals surface area contributed by atoms with Crippen molar-refractivity contribution < 1.29 is 0 Å². The van der Waals surface area contributed by atoms with E-state index in [1.165, 1.54) is 0 Å². The van der Waals surface area contributed by atoms with Crippen molar-refractivity contribution >= 4 is 23.3 Å². The molecule has 1 aromatic carbocycles. The van der Waals surface area contributed by atoms with Crippen LogP contribution in [-0.2, 0) is 0 Å². The SMILES string of the molecule is CN=C(C)CNc1nncc(-c2ccccc2Cl)n1. The topological polar surface area (TPSA) is 63.1 Å². The molecule has 0 bridgehead atoms. The van der Waals surface area contributed by atoms with Gasteiger partial charge in [0.2, 0.25) is 5.95 Å². The zero-order chi connectivity index (χ0) is 13.7. The van der Waals surface area contributed by atoms with Gasteiger partial charge in [0.25, 0.3) is 0 Å². The molecule has 0 atom stereocenters. The van der Waals surface area contributed by atoms with Crippen LogP contribution in [0, 0.1) is 0 Å².